The molecule has 3 aromatic carbocycles. The van der Waals surface area contributed by atoms with Crippen molar-refractivity contribution < 1.29 is 14.3 Å². The SMILES string of the molecule is COc1ccc(COc2c(C(=O)N(C)C)cc(Br)c3ccccc23)cc1. The quantitative estimate of drug-likeness (QED) is 0.597. The highest BCUT2D eigenvalue weighted by Crippen LogP contribution is 2.36. The van der Waals surface area contributed by atoms with Gasteiger partial charge in [-0.05, 0) is 29.1 Å². The van der Waals surface area contributed by atoms with Gasteiger partial charge in [0, 0.05) is 24.0 Å². The maximum Gasteiger partial charge on any atom is 0.257 e. The molecule has 0 atom stereocenters. The minimum Gasteiger partial charge on any atom is -0.497 e. The number of fused-ring (bicyclic) bond motifs is 1. The van der Waals surface area contributed by atoms with Gasteiger partial charge in [-0.2, -0.15) is 0 Å². The first kappa shape index (κ1) is 18.3. The van der Waals surface area contributed by atoms with Crippen molar-refractivity contribution in [2.24, 2.45) is 0 Å². The van der Waals surface area contributed by atoms with Crippen molar-refractivity contribution in [2.45, 2.75) is 6.61 Å². The fraction of sp³-hybridized carbons (Fsp3) is 0.190. The van der Waals surface area contributed by atoms with E-state index >= 15 is 0 Å². The van der Waals surface area contributed by atoms with E-state index in [9.17, 15) is 4.79 Å². The maximum atomic E-state index is 12.7. The Kier molecular flexibility index (Phi) is 5.47. The molecule has 0 spiro atoms. The number of rotatable bonds is 5. The zero-order valence-electron chi connectivity index (χ0n) is 15.0. The minimum atomic E-state index is -0.0961. The van der Waals surface area contributed by atoms with Crippen LogP contribution in [0.1, 0.15) is 15.9 Å². The van der Waals surface area contributed by atoms with Gasteiger partial charge in [-0.25, -0.2) is 0 Å². The number of hydrogen-bond acceptors (Lipinski definition) is 3. The third kappa shape index (κ3) is 3.68. The van der Waals surface area contributed by atoms with Crippen LogP contribution in [0.4, 0.5) is 0 Å². The van der Waals surface area contributed by atoms with Gasteiger partial charge in [-0.3, -0.25) is 4.79 Å². The summed E-state index contributed by atoms with van der Waals surface area (Å²) in [6, 6.07) is 17.4. The molecular weight excluding hydrogens is 394 g/mol. The lowest BCUT2D eigenvalue weighted by Gasteiger charge is -2.18. The van der Waals surface area contributed by atoms with Crippen LogP contribution in [0.2, 0.25) is 0 Å². The van der Waals surface area contributed by atoms with Crippen molar-refractivity contribution >= 4 is 32.6 Å². The van der Waals surface area contributed by atoms with Crippen LogP contribution in [0.15, 0.2) is 59.1 Å². The number of nitrogens with zero attached hydrogens (tertiary/aromatic N) is 1. The molecule has 4 nitrogen and oxygen atoms in total. The Labute approximate surface area is 161 Å². The molecule has 0 saturated carbocycles. The maximum absolute atomic E-state index is 12.7. The van der Waals surface area contributed by atoms with E-state index in [1.54, 1.807) is 26.1 Å². The van der Waals surface area contributed by atoms with E-state index in [1.807, 2.05) is 54.6 Å². The molecular formula is C21H20BrNO3. The van der Waals surface area contributed by atoms with E-state index in [0.29, 0.717) is 17.9 Å². The standard InChI is InChI=1S/C21H20BrNO3/c1-23(2)21(24)18-12-19(22)16-6-4-5-7-17(16)20(18)26-13-14-8-10-15(25-3)11-9-14/h4-12H,13H2,1-3H3. The average Bonchev–Trinajstić information content (AvgIpc) is 2.67. The highest BCUT2D eigenvalue weighted by atomic mass is 79.9. The third-order valence-electron chi connectivity index (χ3n) is 4.12. The van der Waals surface area contributed by atoms with Gasteiger partial charge in [0.2, 0.25) is 0 Å². The summed E-state index contributed by atoms with van der Waals surface area (Å²) in [6.45, 7) is 0.364. The molecule has 0 aliphatic rings. The molecule has 1 amide bonds. The molecule has 0 bridgehead atoms. The molecule has 0 radical (unpaired) electrons. The second-order valence-corrected chi connectivity index (χ2v) is 6.97. The van der Waals surface area contributed by atoms with Crippen LogP contribution in [0.25, 0.3) is 10.8 Å². The Morgan fingerprint density at radius 1 is 1.04 bits per heavy atom. The van der Waals surface area contributed by atoms with Crippen molar-refractivity contribution in [1.29, 1.82) is 0 Å². The second kappa shape index (κ2) is 7.79. The summed E-state index contributed by atoms with van der Waals surface area (Å²) in [5, 5.41) is 1.91. The Hall–Kier alpha value is -2.53. The number of hydrogen-bond donors (Lipinski definition) is 0. The van der Waals surface area contributed by atoms with Gasteiger partial charge < -0.3 is 14.4 Å². The van der Waals surface area contributed by atoms with Crippen molar-refractivity contribution in [3.8, 4) is 11.5 Å². The van der Waals surface area contributed by atoms with Gasteiger partial charge in [0.25, 0.3) is 5.91 Å². The first-order chi connectivity index (χ1) is 12.5. The lowest BCUT2D eigenvalue weighted by atomic mass is 10.0. The fourth-order valence-electron chi connectivity index (χ4n) is 2.74. The van der Waals surface area contributed by atoms with Crippen LogP contribution in [0.3, 0.4) is 0 Å². The monoisotopic (exact) mass is 413 g/mol. The van der Waals surface area contributed by atoms with Gasteiger partial charge >= 0.3 is 0 Å². The normalized spacial score (nSPS) is 10.6. The van der Waals surface area contributed by atoms with Crippen molar-refractivity contribution in [2.75, 3.05) is 21.2 Å². The van der Waals surface area contributed by atoms with Gasteiger partial charge in [-0.15, -0.1) is 0 Å². The lowest BCUT2D eigenvalue weighted by molar-refractivity contribution is 0.0823. The van der Waals surface area contributed by atoms with Gasteiger partial charge in [0.1, 0.15) is 18.1 Å². The minimum absolute atomic E-state index is 0.0961. The van der Waals surface area contributed by atoms with Gasteiger partial charge in [-0.1, -0.05) is 52.3 Å². The van der Waals surface area contributed by atoms with E-state index < -0.39 is 0 Å². The number of carbonyl (C=O) groups excluding carboxylic acids is 1. The molecule has 26 heavy (non-hydrogen) atoms. The van der Waals surface area contributed by atoms with Crippen LogP contribution in [-0.2, 0) is 6.61 Å². The zero-order valence-corrected chi connectivity index (χ0v) is 16.5. The van der Waals surface area contributed by atoms with Crippen LogP contribution in [0.5, 0.6) is 11.5 Å². The molecule has 0 aliphatic carbocycles. The van der Waals surface area contributed by atoms with Crippen molar-refractivity contribution in [3.05, 3.63) is 70.2 Å². The Morgan fingerprint density at radius 2 is 1.69 bits per heavy atom. The first-order valence-electron chi connectivity index (χ1n) is 8.20. The Bertz CT molecular complexity index is 936. The molecule has 0 aromatic heterocycles. The van der Waals surface area contributed by atoms with E-state index in [-0.39, 0.29) is 5.91 Å². The summed E-state index contributed by atoms with van der Waals surface area (Å²) in [4.78, 5) is 14.2. The topological polar surface area (TPSA) is 38.8 Å². The highest BCUT2D eigenvalue weighted by molar-refractivity contribution is 9.10. The largest absolute Gasteiger partial charge is 0.497 e. The van der Waals surface area contributed by atoms with E-state index in [1.165, 1.54) is 0 Å². The molecule has 0 fully saturated rings. The second-order valence-electron chi connectivity index (χ2n) is 6.12. The smallest absolute Gasteiger partial charge is 0.257 e. The van der Waals surface area contributed by atoms with Crippen LogP contribution < -0.4 is 9.47 Å². The Morgan fingerprint density at radius 3 is 2.31 bits per heavy atom. The average molecular weight is 414 g/mol. The van der Waals surface area contributed by atoms with Crippen LogP contribution in [-0.4, -0.2) is 32.0 Å². The van der Waals surface area contributed by atoms with Crippen LogP contribution >= 0.6 is 15.9 Å². The summed E-state index contributed by atoms with van der Waals surface area (Å²) in [5.41, 5.74) is 1.54. The number of halogens is 1. The summed E-state index contributed by atoms with van der Waals surface area (Å²) in [7, 11) is 5.11. The summed E-state index contributed by atoms with van der Waals surface area (Å²) < 4.78 is 12.2. The Balaban J connectivity index is 2.02. The number of methoxy groups -OCH3 is 1. The first-order valence-corrected chi connectivity index (χ1v) is 8.99. The molecule has 5 heteroatoms. The molecule has 0 N–H and O–H groups in total. The molecule has 0 saturated heterocycles. The highest BCUT2D eigenvalue weighted by Gasteiger charge is 2.19. The fourth-order valence-corrected chi connectivity index (χ4v) is 3.31. The summed E-state index contributed by atoms with van der Waals surface area (Å²) in [6.07, 6.45) is 0. The number of carbonyl (C=O) groups is 1. The molecule has 0 aliphatic heterocycles. The molecule has 0 heterocycles. The van der Waals surface area contributed by atoms with Crippen molar-refractivity contribution in [1.82, 2.24) is 4.90 Å². The molecule has 0 unspecified atom stereocenters. The molecule has 3 aromatic rings. The number of ether oxygens (including phenoxy) is 2. The molecule has 134 valence electrons. The van der Waals surface area contributed by atoms with E-state index in [4.69, 9.17) is 9.47 Å². The van der Waals surface area contributed by atoms with Crippen molar-refractivity contribution in [3.63, 3.8) is 0 Å². The summed E-state index contributed by atoms with van der Waals surface area (Å²) >= 11 is 3.57. The van der Waals surface area contributed by atoms with Gasteiger partial charge in [0.05, 0.1) is 12.7 Å². The third-order valence-corrected chi connectivity index (χ3v) is 4.78. The molecule has 3 rings (SSSR count). The van der Waals surface area contributed by atoms with E-state index in [0.717, 1.165) is 26.6 Å². The van der Waals surface area contributed by atoms with Crippen LogP contribution in [0, 0.1) is 0 Å². The lowest BCUT2D eigenvalue weighted by Crippen LogP contribution is -2.22. The zero-order chi connectivity index (χ0) is 18.7. The summed E-state index contributed by atoms with van der Waals surface area (Å²) in [5.74, 6) is 1.30. The van der Waals surface area contributed by atoms with Gasteiger partial charge in [0.15, 0.2) is 0 Å². The predicted octanol–water partition coefficient (Wildman–Crippen LogP) is 4.89. The predicted molar refractivity (Wildman–Crippen MR) is 107 cm³/mol. The number of benzene rings is 3. The van der Waals surface area contributed by atoms with E-state index in [2.05, 4.69) is 15.9 Å². The number of amides is 1.